The number of aromatic nitrogens is 3. The zero-order chi connectivity index (χ0) is 14.1. The van der Waals surface area contributed by atoms with E-state index in [1.54, 1.807) is 28.8 Å². The average molecular weight is 289 g/mol. The molecule has 0 amide bonds. The molecule has 102 valence electrons. The fraction of sp³-hybridized carbons (Fsp3) is 0.154. The van der Waals surface area contributed by atoms with Crippen LogP contribution < -0.4 is 4.74 Å². The highest BCUT2D eigenvalue weighted by atomic mass is 32.1. The number of aryl methyl sites for hydroxylation is 1. The van der Waals surface area contributed by atoms with Crippen molar-refractivity contribution in [2.24, 2.45) is 0 Å². The van der Waals surface area contributed by atoms with Crippen molar-refractivity contribution in [1.82, 2.24) is 14.6 Å². The van der Waals surface area contributed by atoms with Gasteiger partial charge in [-0.25, -0.2) is 14.3 Å². The number of methoxy groups -OCH3 is 1. The zero-order valence-electron chi connectivity index (χ0n) is 10.9. The molecule has 3 rings (SSSR count). The Balaban J connectivity index is 1.79. The first-order chi connectivity index (χ1) is 9.65. The van der Waals surface area contributed by atoms with E-state index in [1.807, 2.05) is 13.1 Å². The quantitative estimate of drug-likeness (QED) is 0.693. The van der Waals surface area contributed by atoms with Gasteiger partial charge in [0.25, 0.3) is 5.19 Å². The SMILES string of the molecule is COC(=O)c1ccc(Oc2nn3cc(C)nc3s2)cc1. The Morgan fingerprint density at radius 1 is 1.30 bits per heavy atom. The van der Waals surface area contributed by atoms with Crippen LogP contribution in [0.4, 0.5) is 0 Å². The standard InChI is InChI=1S/C13H11N3O3S/c1-8-7-16-12(14-8)20-13(15-16)19-10-5-3-9(4-6-10)11(17)18-2/h3-7H,1-2H3. The molecule has 0 aliphatic rings. The van der Waals surface area contributed by atoms with Crippen LogP contribution in [-0.2, 0) is 4.74 Å². The van der Waals surface area contributed by atoms with Gasteiger partial charge in [0, 0.05) is 0 Å². The van der Waals surface area contributed by atoms with Crippen molar-refractivity contribution in [2.75, 3.05) is 7.11 Å². The van der Waals surface area contributed by atoms with E-state index < -0.39 is 0 Å². The summed E-state index contributed by atoms with van der Waals surface area (Å²) in [6.07, 6.45) is 1.83. The highest BCUT2D eigenvalue weighted by Gasteiger charge is 2.09. The van der Waals surface area contributed by atoms with Crippen LogP contribution in [0.2, 0.25) is 0 Å². The van der Waals surface area contributed by atoms with Gasteiger partial charge in [0.2, 0.25) is 4.96 Å². The highest BCUT2D eigenvalue weighted by molar-refractivity contribution is 7.18. The van der Waals surface area contributed by atoms with Crippen LogP contribution in [-0.4, -0.2) is 27.7 Å². The smallest absolute Gasteiger partial charge is 0.337 e. The second-order valence-electron chi connectivity index (χ2n) is 4.10. The Hall–Kier alpha value is -2.41. The Labute approximate surface area is 118 Å². The Morgan fingerprint density at radius 3 is 2.70 bits per heavy atom. The Kier molecular flexibility index (Phi) is 3.11. The number of carbonyl (C=O) groups excluding carboxylic acids is 1. The van der Waals surface area contributed by atoms with E-state index in [1.165, 1.54) is 18.4 Å². The molecule has 0 fully saturated rings. The van der Waals surface area contributed by atoms with Gasteiger partial charge in [-0.05, 0) is 42.5 Å². The first kappa shape index (κ1) is 12.6. The van der Waals surface area contributed by atoms with Crippen LogP contribution in [0.3, 0.4) is 0 Å². The van der Waals surface area contributed by atoms with E-state index in [2.05, 4.69) is 14.8 Å². The molecule has 0 aliphatic carbocycles. The molecule has 7 heteroatoms. The van der Waals surface area contributed by atoms with E-state index in [-0.39, 0.29) is 5.97 Å². The van der Waals surface area contributed by atoms with Crippen molar-refractivity contribution in [3.8, 4) is 10.9 Å². The number of nitrogens with zero attached hydrogens (tertiary/aromatic N) is 3. The van der Waals surface area contributed by atoms with Crippen molar-refractivity contribution in [1.29, 1.82) is 0 Å². The average Bonchev–Trinajstić information content (AvgIpc) is 2.95. The molecular formula is C13H11N3O3S. The second-order valence-corrected chi connectivity index (χ2v) is 5.01. The molecule has 0 atom stereocenters. The van der Waals surface area contributed by atoms with Crippen LogP contribution in [0.15, 0.2) is 30.5 Å². The van der Waals surface area contributed by atoms with Crippen molar-refractivity contribution in [2.45, 2.75) is 6.92 Å². The molecule has 0 saturated heterocycles. The van der Waals surface area contributed by atoms with Gasteiger partial charge in [-0.1, -0.05) is 0 Å². The number of hydrogen-bond donors (Lipinski definition) is 0. The number of fused-ring (bicyclic) bond motifs is 1. The number of esters is 1. The minimum Gasteiger partial charge on any atom is -0.465 e. The number of carbonyl (C=O) groups is 1. The lowest BCUT2D eigenvalue weighted by Gasteiger charge is -2.02. The lowest BCUT2D eigenvalue weighted by Crippen LogP contribution is -2.00. The van der Waals surface area contributed by atoms with Crippen molar-refractivity contribution < 1.29 is 14.3 Å². The maximum absolute atomic E-state index is 11.3. The molecule has 6 nitrogen and oxygen atoms in total. The number of imidazole rings is 1. The van der Waals surface area contributed by atoms with Gasteiger partial charge < -0.3 is 9.47 Å². The molecule has 0 unspecified atom stereocenters. The molecule has 2 aromatic heterocycles. The minimum absolute atomic E-state index is 0.375. The van der Waals surface area contributed by atoms with Crippen molar-refractivity contribution in [3.05, 3.63) is 41.7 Å². The van der Waals surface area contributed by atoms with Gasteiger partial charge in [0.05, 0.1) is 24.6 Å². The molecule has 0 N–H and O–H groups in total. The van der Waals surface area contributed by atoms with Gasteiger partial charge in [0.1, 0.15) is 5.75 Å². The Morgan fingerprint density at radius 2 is 2.05 bits per heavy atom. The Bertz CT molecular complexity index is 729. The summed E-state index contributed by atoms with van der Waals surface area (Å²) in [5, 5.41) is 4.76. The largest absolute Gasteiger partial charge is 0.465 e. The van der Waals surface area contributed by atoms with E-state index in [0.717, 1.165) is 10.7 Å². The van der Waals surface area contributed by atoms with Crippen LogP contribution in [0, 0.1) is 6.92 Å². The van der Waals surface area contributed by atoms with E-state index in [0.29, 0.717) is 16.5 Å². The molecule has 1 aromatic carbocycles. The second kappa shape index (κ2) is 4.93. The molecule has 0 spiro atoms. The van der Waals surface area contributed by atoms with Crippen LogP contribution in [0.1, 0.15) is 16.1 Å². The monoisotopic (exact) mass is 289 g/mol. The van der Waals surface area contributed by atoms with E-state index in [4.69, 9.17) is 4.74 Å². The summed E-state index contributed by atoms with van der Waals surface area (Å²) in [5.41, 5.74) is 1.39. The third-order valence-electron chi connectivity index (χ3n) is 2.63. The summed E-state index contributed by atoms with van der Waals surface area (Å²) in [7, 11) is 1.35. The summed E-state index contributed by atoms with van der Waals surface area (Å²) in [5.74, 6) is 0.228. The predicted molar refractivity (Wildman–Crippen MR) is 73.5 cm³/mol. The molecule has 0 radical (unpaired) electrons. The zero-order valence-corrected chi connectivity index (χ0v) is 11.7. The number of rotatable bonds is 3. The van der Waals surface area contributed by atoms with Gasteiger partial charge in [-0.3, -0.25) is 0 Å². The summed E-state index contributed by atoms with van der Waals surface area (Å²) in [4.78, 5) is 16.4. The summed E-state index contributed by atoms with van der Waals surface area (Å²) >= 11 is 1.35. The highest BCUT2D eigenvalue weighted by Crippen LogP contribution is 2.27. The summed E-state index contributed by atoms with van der Waals surface area (Å²) in [6, 6.07) is 6.68. The first-order valence-corrected chi connectivity index (χ1v) is 6.66. The fourth-order valence-electron chi connectivity index (χ4n) is 1.71. The lowest BCUT2D eigenvalue weighted by atomic mass is 10.2. The van der Waals surface area contributed by atoms with Gasteiger partial charge in [-0.15, -0.1) is 5.10 Å². The topological polar surface area (TPSA) is 65.7 Å². The molecule has 0 bridgehead atoms. The van der Waals surface area contributed by atoms with Crippen LogP contribution in [0.5, 0.6) is 10.9 Å². The summed E-state index contributed by atoms with van der Waals surface area (Å²) in [6.45, 7) is 1.91. The van der Waals surface area contributed by atoms with Gasteiger partial charge in [0.15, 0.2) is 0 Å². The molecule has 0 aliphatic heterocycles. The first-order valence-electron chi connectivity index (χ1n) is 5.85. The number of ether oxygens (including phenoxy) is 2. The number of benzene rings is 1. The molecule has 0 saturated carbocycles. The summed E-state index contributed by atoms with van der Waals surface area (Å²) < 4.78 is 11.9. The van der Waals surface area contributed by atoms with Crippen LogP contribution in [0.25, 0.3) is 4.96 Å². The number of hydrogen-bond acceptors (Lipinski definition) is 6. The van der Waals surface area contributed by atoms with Gasteiger partial charge in [-0.2, -0.15) is 0 Å². The molecule has 2 heterocycles. The normalized spacial score (nSPS) is 10.7. The van der Waals surface area contributed by atoms with E-state index >= 15 is 0 Å². The molecule has 3 aromatic rings. The fourth-order valence-corrected chi connectivity index (χ4v) is 2.51. The third-order valence-corrected chi connectivity index (χ3v) is 3.43. The lowest BCUT2D eigenvalue weighted by molar-refractivity contribution is 0.0600. The van der Waals surface area contributed by atoms with Crippen molar-refractivity contribution >= 4 is 22.3 Å². The third kappa shape index (κ3) is 2.35. The maximum atomic E-state index is 11.3. The van der Waals surface area contributed by atoms with Crippen molar-refractivity contribution in [3.63, 3.8) is 0 Å². The maximum Gasteiger partial charge on any atom is 0.337 e. The van der Waals surface area contributed by atoms with Crippen LogP contribution >= 0.6 is 11.3 Å². The molecule has 20 heavy (non-hydrogen) atoms. The van der Waals surface area contributed by atoms with E-state index in [9.17, 15) is 4.79 Å². The molecular weight excluding hydrogens is 278 g/mol. The minimum atomic E-state index is -0.375. The predicted octanol–water partition coefficient (Wildman–Crippen LogP) is 2.68. The van der Waals surface area contributed by atoms with Gasteiger partial charge >= 0.3 is 5.97 Å².